The van der Waals surface area contributed by atoms with Gasteiger partial charge in [-0.25, -0.2) is 4.79 Å². The van der Waals surface area contributed by atoms with Crippen molar-refractivity contribution < 1.29 is 23.5 Å². The highest BCUT2D eigenvalue weighted by Gasteiger charge is 2.48. The topological polar surface area (TPSA) is 44.8 Å². The van der Waals surface area contributed by atoms with Gasteiger partial charge in [0.2, 0.25) is 6.73 Å². The molecule has 0 aliphatic carbocycles. The standard InChI is InChI=1S/C24H29ClNO4/c1-16(2)10-11-28-24(27)29-15-26(3)13-20-18-6-4-5-7-22(18)30-23-9-8-17(25)12-19(23)21(20)14-26/h4-9,12,16,20-21H,10-11,13-15H2,1-3H3/q+1. The maximum absolute atomic E-state index is 12.0. The van der Waals surface area contributed by atoms with Crippen LogP contribution in [0.25, 0.3) is 0 Å². The molecule has 2 heterocycles. The van der Waals surface area contributed by atoms with E-state index < -0.39 is 6.16 Å². The van der Waals surface area contributed by atoms with Gasteiger partial charge in [0.25, 0.3) is 0 Å². The van der Waals surface area contributed by atoms with E-state index in [-0.39, 0.29) is 18.6 Å². The Balaban J connectivity index is 1.54. The first-order valence-corrected chi connectivity index (χ1v) is 10.9. The number of fused-ring (bicyclic) bond motifs is 5. The minimum Gasteiger partial charge on any atom is -0.457 e. The smallest absolute Gasteiger partial charge is 0.457 e. The van der Waals surface area contributed by atoms with Crippen LogP contribution >= 0.6 is 11.6 Å². The Bertz CT molecular complexity index is 931. The molecule has 0 spiro atoms. The number of hydrogen-bond donors (Lipinski definition) is 0. The second kappa shape index (κ2) is 8.48. The number of ether oxygens (including phenoxy) is 3. The number of likely N-dealkylation sites (tertiary alicyclic amines) is 1. The zero-order valence-electron chi connectivity index (χ0n) is 17.8. The Kier molecular flexibility index (Phi) is 5.94. The van der Waals surface area contributed by atoms with Crippen LogP contribution in [-0.4, -0.2) is 44.1 Å². The average Bonchev–Trinajstić information content (AvgIpc) is 3.00. The summed E-state index contributed by atoms with van der Waals surface area (Å²) in [5.74, 6) is 2.71. The van der Waals surface area contributed by atoms with Gasteiger partial charge in [0.1, 0.15) is 11.5 Å². The third-order valence-corrected chi connectivity index (χ3v) is 6.31. The van der Waals surface area contributed by atoms with E-state index in [1.807, 2.05) is 36.4 Å². The minimum absolute atomic E-state index is 0.230. The summed E-state index contributed by atoms with van der Waals surface area (Å²) in [6.07, 6.45) is 0.244. The van der Waals surface area contributed by atoms with Crippen molar-refractivity contribution in [2.45, 2.75) is 32.1 Å². The average molecular weight is 431 g/mol. The van der Waals surface area contributed by atoms with Gasteiger partial charge in [-0.15, -0.1) is 0 Å². The van der Waals surface area contributed by atoms with Crippen LogP contribution in [-0.2, 0) is 9.47 Å². The van der Waals surface area contributed by atoms with Gasteiger partial charge in [-0.3, -0.25) is 4.48 Å². The second-order valence-electron chi connectivity index (χ2n) is 9.07. The van der Waals surface area contributed by atoms with Crippen LogP contribution in [0.5, 0.6) is 11.5 Å². The highest BCUT2D eigenvalue weighted by molar-refractivity contribution is 6.30. The van der Waals surface area contributed by atoms with E-state index in [1.54, 1.807) is 0 Å². The van der Waals surface area contributed by atoms with Crippen molar-refractivity contribution in [3.63, 3.8) is 0 Å². The molecular weight excluding hydrogens is 402 g/mol. The maximum atomic E-state index is 12.0. The molecule has 0 amide bonds. The first-order valence-electron chi connectivity index (χ1n) is 10.5. The van der Waals surface area contributed by atoms with E-state index in [2.05, 4.69) is 27.0 Å². The number of rotatable bonds is 5. The SMILES string of the molecule is CC(C)CCOC(=O)OC[N+]1(C)CC2c3ccccc3Oc3ccc(Cl)cc3C2C1. The van der Waals surface area contributed by atoms with Crippen LogP contribution in [0.3, 0.4) is 0 Å². The highest BCUT2D eigenvalue weighted by atomic mass is 35.5. The van der Waals surface area contributed by atoms with Crippen LogP contribution in [0, 0.1) is 5.92 Å². The monoisotopic (exact) mass is 430 g/mol. The van der Waals surface area contributed by atoms with E-state index in [9.17, 15) is 4.79 Å². The van der Waals surface area contributed by atoms with E-state index in [0.717, 1.165) is 36.6 Å². The van der Waals surface area contributed by atoms with Crippen molar-refractivity contribution in [1.29, 1.82) is 0 Å². The predicted octanol–water partition coefficient (Wildman–Crippen LogP) is 5.93. The summed E-state index contributed by atoms with van der Waals surface area (Å²) in [7, 11) is 2.13. The van der Waals surface area contributed by atoms with Gasteiger partial charge in [0.05, 0.1) is 26.7 Å². The lowest BCUT2D eigenvalue weighted by Crippen LogP contribution is -2.44. The molecule has 3 unspecified atom stereocenters. The van der Waals surface area contributed by atoms with Gasteiger partial charge in [-0.05, 0) is 36.6 Å². The second-order valence-corrected chi connectivity index (χ2v) is 9.51. The molecule has 0 N–H and O–H groups in total. The molecule has 4 rings (SSSR count). The summed E-state index contributed by atoms with van der Waals surface area (Å²) < 4.78 is 17.6. The normalized spacial score (nSPS) is 24.3. The summed E-state index contributed by atoms with van der Waals surface area (Å²) >= 11 is 6.33. The van der Waals surface area contributed by atoms with Gasteiger partial charge in [0.15, 0.2) is 0 Å². The molecule has 0 aromatic heterocycles. The lowest BCUT2D eigenvalue weighted by atomic mass is 9.84. The summed E-state index contributed by atoms with van der Waals surface area (Å²) in [4.78, 5) is 12.0. The zero-order chi connectivity index (χ0) is 21.3. The van der Waals surface area contributed by atoms with Gasteiger partial charge in [-0.1, -0.05) is 43.6 Å². The molecule has 1 saturated heterocycles. The molecule has 30 heavy (non-hydrogen) atoms. The van der Waals surface area contributed by atoms with Crippen LogP contribution in [0.2, 0.25) is 5.02 Å². The molecule has 2 aliphatic heterocycles. The Morgan fingerprint density at radius 3 is 2.57 bits per heavy atom. The zero-order valence-corrected chi connectivity index (χ0v) is 18.5. The molecule has 2 aliphatic rings. The van der Waals surface area contributed by atoms with Crippen LogP contribution in [0.15, 0.2) is 42.5 Å². The lowest BCUT2D eigenvalue weighted by molar-refractivity contribution is -0.915. The summed E-state index contributed by atoms with van der Waals surface area (Å²) in [6, 6.07) is 14.0. The van der Waals surface area contributed by atoms with Gasteiger partial charge < -0.3 is 14.2 Å². The van der Waals surface area contributed by atoms with Crippen molar-refractivity contribution in [3.8, 4) is 11.5 Å². The van der Waals surface area contributed by atoms with E-state index in [0.29, 0.717) is 22.0 Å². The third-order valence-electron chi connectivity index (χ3n) is 6.08. The Morgan fingerprint density at radius 1 is 1.10 bits per heavy atom. The van der Waals surface area contributed by atoms with Crippen molar-refractivity contribution in [2.75, 3.05) is 33.5 Å². The van der Waals surface area contributed by atoms with E-state index in [4.69, 9.17) is 25.8 Å². The Morgan fingerprint density at radius 2 is 1.80 bits per heavy atom. The molecule has 5 nitrogen and oxygen atoms in total. The number of hydrogen-bond acceptors (Lipinski definition) is 4. The maximum Gasteiger partial charge on any atom is 0.512 e. The molecule has 0 bridgehead atoms. The summed E-state index contributed by atoms with van der Waals surface area (Å²) in [5, 5.41) is 0.702. The molecule has 2 aromatic carbocycles. The number of para-hydroxylation sites is 1. The molecular formula is C24H29ClNO4+. The van der Waals surface area contributed by atoms with Crippen molar-refractivity contribution in [1.82, 2.24) is 0 Å². The quantitative estimate of drug-likeness (QED) is 0.435. The van der Waals surface area contributed by atoms with Crippen molar-refractivity contribution >= 4 is 17.8 Å². The number of carbonyl (C=O) groups excluding carboxylic acids is 1. The molecule has 160 valence electrons. The number of likely N-dealkylation sites (N-methyl/N-ethyl adjacent to an activating group) is 1. The van der Waals surface area contributed by atoms with Crippen molar-refractivity contribution in [2.24, 2.45) is 5.92 Å². The van der Waals surface area contributed by atoms with Crippen LogP contribution in [0.1, 0.15) is 43.2 Å². The largest absolute Gasteiger partial charge is 0.512 e. The molecule has 2 aromatic rings. The first kappa shape index (κ1) is 21.0. The third kappa shape index (κ3) is 4.42. The fourth-order valence-corrected chi connectivity index (χ4v) is 4.72. The molecule has 1 fully saturated rings. The first-order chi connectivity index (χ1) is 14.3. The summed E-state index contributed by atoms with van der Waals surface area (Å²) in [5.41, 5.74) is 2.31. The minimum atomic E-state index is -0.589. The fourth-order valence-electron chi connectivity index (χ4n) is 4.54. The molecule has 0 radical (unpaired) electrons. The number of halogens is 1. The molecule has 0 saturated carbocycles. The van der Waals surface area contributed by atoms with Gasteiger partial charge in [0, 0.05) is 28.0 Å². The highest BCUT2D eigenvalue weighted by Crippen LogP contribution is 2.51. The number of carbonyl (C=O) groups is 1. The van der Waals surface area contributed by atoms with Crippen LogP contribution < -0.4 is 4.74 Å². The van der Waals surface area contributed by atoms with Crippen LogP contribution in [0.4, 0.5) is 4.79 Å². The number of nitrogens with zero attached hydrogens (tertiary/aromatic N) is 1. The number of benzene rings is 2. The summed E-state index contributed by atoms with van der Waals surface area (Å²) in [6.45, 7) is 6.54. The Labute approximate surface area is 183 Å². The van der Waals surface area contributed by atoms with E-state index >= 15 is 0 Å². The Hall–Kier alpha value is -2.24. The molecule has 3 atom stereocenters. The lowest BCUT2D eigenvalue weighted by Gasteiger charge is -2.29. The molecule has 6 heteroatoms. The predicted molar refractivity (Wildman–Crippen MR) is 116 cm³/mol. The van der Waals surface area contributed by atoms with Gasteiger partial charge >= 0.3 is 6.16 Å². The fraction of sp³-hybridized carbons (Fsp3) is 0.458. The van der Waals surface area contributed by atoms with Crippen molar-refractivity contribution in [3.05, 3.63) is 58.6 Å². The van der Waals surface area contributed by atoms with E-state index in [1.165, 1.54) is 5.56 Å². The van der Waals surface area contributed by atoms with Gasteiger partial charge in [-0.2, -0.15) is 0 Å². The number of quaternary nitrogens is 1.